The third-order valence-electron chi connectivity index (χ3n) is 2.29. The number of hydrogen-bond donors (Lipinski definition) is 2. The van der Waals surface area contributed by atoms with Gasteiger partial charge in [0, 0.05) is 20.1 Å². The molecule has 19 heavy (non-hydrogen) atoms. The van der Waals surface area contributed by atoms with Crippen LogP contribution in [0.5, 0.6) is 0 Å². The average molecular weight is 269 g/mol. The van der Waals surface area contributed by atoms with E-state index in [0.717, 1.165) is 0 Å². The third kappa shape index (κ3) is 4.51. The van der Waals surface area contributed by atoms with E-state index in [0.29, 0.717) is 6.61 Å². The van der Waals surface area contributed by atoms with E-state index in [9.17, 15) is 9.59 Å². The largest absolute Gasteiger partial charge is 0.480 e. The molecule has 1 rings (SSSR count). The van der Waals surface area contributed by atoms with E-state index >= 15 is 0 Å². The number of nitrogens with zero attached hydrogens (tertiary/aromatic N) is 2. The van der Waals surface area contributed by atoms with Gasteiger partial charge in [0.25, 0.3) is 0 Å². The van der Waals surface area contributed by atoms with Crippen molar-refractivity contribution in [1.29, 1.82) is 0 Å². The minimum absolute atomic E-state index is 0.0526. The number of carboxylic acid groups (broad SMARTS) is 1. The van der Waals surface area contributed by atoms with Gasteiger partial charge in [0.05, 0.1) is 7.11 Å². The number of esters is 1. The van der Waals surface area contributed by atoms with Gasteiger partial charge in [-0.25, -0.2) is 9.59 Å². The molecule has 0 saturated carbocycles. The molecule has 0 saturated heterocycles. The van der Waals surface area contributed by atoms with Gasteiger partial charge in [0.2, 0.25) is 0 Å². The summed E-state index contributed by atoms with van der Waals surface area (Å²) >= 11 is 0. The molecule has 0 radical (unpaired) electrons. The summed E-state index contributed by atoms with van der Waals surface area (Å²) < 4.78 is 9.30. The molecule has 0 bridgehead atoms. The van der Waals surface area contributed by atoms with E-state index in [1.807, 2.05) is 0 Å². The number of nitrogens with one attached hydrogen (secondary N) is 1. The van der Waals surface area contributed by atoms with Gasteiger partial charge >= 0.3 is 11.9 Å². The summed E-state index contributed by atoms with van der Waals surface area (Å²) in [6, 6.07) is 2.02. The standard InChI is InChI=1S/C11H15N3O5/c1-18-6-5-7(10(15)16)12-9-4-3-8(13-14-9)11(17)19-2/h3-4,7H,5-6H2,1-2H3,(H,12,14)(H,15,16). The lowest BCUT2D eigenvalue weighted by molar-refractivity contribution is -0.138. The molecule has 0 fully saturated rings. The first-order valence-corrected chi connectivity index (χ1v) is 5.48. The van der Waals surface area contributed by atoms with Crippen molar-refractivity contribution in [2.45, 2.75) is 12.5 Å². The predicted molar refractivity (Wildman–Crippen MR) is 64.9 cm³/mol. The van der Waals surface area contributed by atoms with Crippen LogP contribution in [0.2, 0.25) is 0 Å². The first-order chi connectivity index (χ1) is 9.08. The van der Waals surface area contributed by atoms with Crippen LogP contribution in [0.15, 0.2) is 12.1 Å². The molecule has 8 heteroatoms. The third-order valence-corrected chi connectivity index (χ3v) is 2.29. The van der Waals surface area contributed by atoms with Crippen molar-refractivity contribution >= 4 is 17.8 Å². The summed E-state index contributed by atoms with van der Waals surface area (Å²) in [6.45, 7) is 0.303. The minimum atomic E-state index is -1.02. The van der Waals surface area contributed by atoms with E-state index in [1.165, 1.54) is 26.4 Å². The molecule has 8 nitrogen and oxygen atoms in total. The van der Waals surface area contributed by atoms with Crippen LogP contribution in [0.1, 0.15) is 16.9 Å². The maximum absolute atomic E-state index is 11.1. The summed E-state index contributed by atoms with van der Waals surface area (Å²) in [6.07, 6.45) is 0.284. The molecule has 0 amide bonds. The summed E-state index contributed by atoms with van der Waals surface area (Å²) in [5, 5.41) is 19.0. The molecule has 104 valence electrons. The molecule has 1 aromatic heterocycles. The van der Waals surface area contributed by atoms with Crippen molar-refractivity contribution in [3.05, 3.63) is 17.8 Å². The number of carbonyl (C=O) groups is 2. The highest BCUT2D eigenvalue weighted by molar-refractivity contribution is 5.87. The number of carbonyl (C=O) groups excluding carboxylic acids is 1. The Kier molecular flexibility index (Phi) is 5.68. The highest BCUT2D eigenvalue weighted by Gasteiger charge is 2.17. The number of rotatable bonds is 7. The van der Waals surface area contributed by atoms with E-state index < -0.39 is 18.0 Å². The zero-order valence-electron chi connectivity index (χ0n) is 10.6. The highest BCUT2D eigenvalue weighted by Crippen LogP contribution is 2.07. The molecule has 0 aliphatic heterocycles. The van der Waals surface area contributed by atoms with Gasteiger partial charge in [0.15, 0.2) is 5.69 Å². The second-order valence-corrected chi connectivity index (χ2v) is 3.61. The fourth-order valence-corrected chi connectivity index (χ4v) is 1.29. The van der Waals surface area contributed by atoms with Crippen molar-refractivity contribution in [1.82, 2.24) is 10.2 Å². The minimum Gasteiger partial charge on any atom is -0.480 e. The lowest BCUT2D eigenvalue weighted by atomic mass is 10.2. The number of ether oxygens (including phenoxy) is 2. The molecule has 0 aromatic carbocycles. The molecule has 1 atom stereocenters. The summed E-state index contributed by atoms with van der Waals surface area (Å²) in [5.41, 5.74) is 0.0526. The Morgan fingerprint density at radius 3 is 2.58 bits per heavy atom. The fraction of sp³-hybridized carbons (Fsp3) is 0.455. The van der Waals surface area contributed by atoms with Gasteiger partial charge in [-0.2, -0.15) is 0 Å². The van der Waals surface area contributed by atoms with Gasteiger partial charge in [-0.1, -0.05) is 0 Å². The van der Waals surface area contributed by atoms with E-state index in [2.05, 4.69) is 20.3 Å². The summed E-state index contributed by atoms with van der Waals surface area (Å²) in [5.74, 6) is -1.36. The van der Waals surface area contributed by atoms with Crippen LogP contribution < -0.4 is 5.32 Å². The van der Waals surface area contributed by atoms with E-state index in [-0.39, 0.29) is 17.9 Å². The Morgan fingerprint density at radius 2 is 2.11 bits per heavy atom. The van der Waals surface area contributed by atoms with Gasteiger partial charge in [-0.05, 0) is 12.1 Å². The number of carboxylic acids is 1. The maximum atomic E-state index is 11.1. The second kappa shape index (κ2) is 7.27. The molecule has 0 aliphatic carbocycles. The topological polar surface area (TPSA) is 111 Å². The van der Waals surface area contributed by atoms with E-state index in [4.69, 9.17) is 9.84 Å². The summed E-state index contributed by atoms with van der Waals surface area (Å²) in [7, 11) is 2.73. The van der Waals surface area contributed by atoms with Crippen molar-refractivity contribution in [2.75, 3.05) is 26.1 Å². The van der Waals surface area contributed by atoms with Crippen LogP contribution in [-0.2, 0) is 14.3 Å². The van der Waals surface area contributed by atoms with Crippen molar-refractivity contribution < 1.29 is 24.2 Å². The van der Waals surface area contributed by atoms with Gasteiger partial charge in [-0.3, -0.25) is 0 Å². The molecule has 2 N–H and O–H groups in total. The van der Waals surface area contributed by atoms with Crippen LogP contribution >= 0.6 is 0 Å². The molecular formula is C11H15N3O5. The van der Waals surface area contributed by atoms with Crippen molar-refractivity contribution in [3.8, 4) is 0 Å². The number of aliphatic carboxylic acids is 1. The highest BCUT2D eigenvalue weighted by atomic mass is 16.5. The zero-order chi connectivity index (χ0) is 14.3. The Morgan fingerprint density at radius 1 is 1.37 bits per heavy atom. The Balaban J connectivity index is 2.69. The van der Waals surface area contributed by atoms with Gasteiger partial charge < -0.3 is 19.9 Å². The van der Waals surface area contributed by atoms with Crippen molar-refractivity contribution in [2.24, 2.45) is 0 Å². The quantitative estimate of drug-likeness (QED) is 0.674. The van der Waals surface area contributed by atoms with Gasteiger partial charge in [-0.15, -0.1) is 10.2 Å². The van der Waals surface area contributed by atoms with Crippen LogP contribution in [0.25, 0.3) is 0 Å². The summed E-state index contributed by atoms with van der Waals surface area (Å²) in [4.78, 5) is 22.1. The number of methoxy groups -OCH3 is 2. The smallest absolute Gasteiger partial charge is 0.358 e. The molecule has 0 aliphatic rings. The van der Waals surface area contributed by atoms with Crippen LogP contribution in [-0.4, -0.2) is 54.1 Å². The monoisotopic (exact) mass is 269 g/mol. The first kappa shape index (κ1) is 14.8. The average Bonchev–Trinajstić information content (AvgIpc) is 2.43. The molecule has 1 heterocycles. The predicted octanol–water partition coefficient (Wildman–Crippen LogP) is 0.165. The lowest BCUT2D eigenvalue weighted by Crippen LogP contribution is -2.31. The zero-order valence-corrected chi connectivity index (χ0v) is 10.6. The SMILES string of the molecule is COCCC(Nc1ccc(C(=O)OC)nn1)C(=O)O. The molecular weight excluding hydrogens is 254 g/mol. The van der Waals surface area contributed by atoms with Gasteiger partial charge in [0.1, 0.15) is 11.9 Å². The Labute approximate surface area is 109 Å². The number of aromatic nitrogens is 2. The number of hydrogen-bond acceptors (Lipinski definition) is 7. The van der Waals surface area contributed by atoms with E-state index in [1.54, 1.807) is 0 Å². The van der Waals surface area contributed by atoms with Crippen LogP contribution in [0.4, 0.5) is 5.82 Å². The second-order valence-electron chi connectivity index (χ2n) is 3.61. The Hall–Kier alpha value is -2.22. The van der Waals surface area contributed by atoms with Crippen LogP contribution in [0, 0.1) is 0 Å². The first-order valence-electron chi connectivity index (χ1n) is 5.48. The van der Waals surface area contributed by atoms with Crippen LogP contribution in [0.3, 0.4) is 0 Å². The lowest BCUT2D eigenvalue weighted by Gasteiger charge is -2.13. The number of anilines is 1. The molecule has 1 aromatic rings. The molecule has 0 spiro atoms. The molecule has 1 unspecified atom stereocenters. The fourth-order valence-electron chi connectivity index (χ4n) is 1.29. The van der Waals surface area contributed by atoms with Crippen molar-refractivity contribution in [3.63, 3.8) is 0 Å². The normalized spacial score (nSPS) is 11.7. The Bertz CT molecular complexity index is 434. The maximum Gasteiger partial charge on any atom is 0.358 e.